The molecule has 0 saturated carbocycles. The van der Waals surface area contributed by atoms with Crippen LogP contribution in [0.5, 0.6) is 0 Å². The van der Waals surface area contributed by atoms with Crippen LogP contribution in [0.3, 0.4) is 0 Å². The van der Waals surface area contributed by atoms with E-state index < -0.39 is 12.6 Å². The normalized spacial score (nSPS) is 11.0. The molecular formula is C21H21NO5. The van der Waals surface area contributed by atoms with Crippen molar-refractivity contribution in [3.05, 3.63) is 68.8 Å². The van der Waals surface area contributed by atoms with E-state index in [4.69, 9.17) is 9.15 Å². The Balaban J connectivity index is 1.78. The van der Waals surface area contributed by atoms with Gasteiger partial charge in [-0.15, -0.1) is 0 Å². The van der Waals surface area contributed by atoms with Crippen LogP contribution in [0.4, 0.5) is 0 Å². The minimum atomic E-state index is -0.841. The lowest BCUT2D eigenvalue weighted by molar-refractivity contribution is 0.0444. The van der Waals surface area contributed by atoms with E-state index in [0.29, 0.717) is 16.5 Å². The fourth-order valence-corrected chi connectivity index (χ4v) is 3.22. The Labute approximate surface area is 156 Å². The molecule has 1 aromatic carbocycles. The maximum atomic E-state index is 12.4. The summed E-state index contributed by atoms with van der Waals surface area (Å²) in [4.78, 5) is 36.9. The predicted octanol–water partition coefficient (Wildman–Crippen LogP) is 3.58. The third kappa shape index (κ3) is 3.56. The molecule has 140 valence electrons. The largest absolute Gasteiger partial charge is 0.451 e. The van der Waals surface area contributed by atoms with Gasteiger partial charge in [-0.25, -0.2) is 4.79 Å². The summed E-state index contributed by atoms with van der Waals surface area (Å²) in [6, 6.07) is 8.00. The Morgan fingerprint density at radius 1 is 1.11 bits per heavy atom. The average molecular weight is 367 g/mol. The molecule has 3 rings (SSSR count). The van der Waals surface area contributed by atoms with E-state index >= 15 is 0 Å². The van der Waals surface area contributed by atoms with Crippen molar-refractivity contribution in [1.29, 1.82) is 0 Å². The van der Waals surface area contributed by atoms with Gasteiger partial charge in [0.25, 0.3) is 0 Å². The molecule has 0 aliphatic heterocycles. The zero-order valence-corrected chi connectivity index (χ0v) is 15.8. The lowest BCUT2D eigenvalue weighted by Gasteiger charge is -2.07. The molecule has 0 atom stereocenters. The van der Waals surface area contributed by atoms with E-state index in [9.17, 15) is 14.4 Å². The number of carbonyl (C=O) groups is 2. The van der Waals surface area contributed by atoms with Crippen LogP contribution in [-0.4, -0.2) is 22.9 Å². The zero-order chi connectivity index (χ0) is 19.7. The van der Waals surface area contributed by atoms with Gasteiger partial charge in [0, 0.05) is 29.6 Å². The number of nitrogens with zero attached hydrogens (tertiary/aromatic N) is 1. The van der Waals surface area contributed by atoms with Gasteiger partial charge in [0.05, 0.1) is 5.39 Å². The van der Waals surface area contributed by atoms with Crippen molar-refractivity contribution < 1.29 is 18.7 Å². The van der Waals surface area contributed by atoms with Gasteiger partial charge < -0.3 is 13.7 Å². The van der Waals surface area contributed by atoms with Gasteiger partial charge in [0.2, 0.25) is 11.5 Å². The summed E-state index contributed by atoms with van der Waals surface area (Å²) < 4.78 is 12.6. The molecule has 3 aromatic rings. The number of aryl methyl sites for hydroxylation is 2. The summed E-state index contributed by atoms with van der Waals surface area (Å²) in [6.07, 6.45) is 0. The minimum Gasteiger partial charge on any atom is -0.451 e. The Bertz CT molecular complexity index is 1100. The number of rotatable bonds is 5. The molecule has 6 nitrogen and oxygen atoms in total. The van der Waals surface area contributed by atoms with Crippen molar-refractivity contribution in [2.45, 2.75) is 34.2 Å². The second-order valence-corrected chi connectivity index (χ2v) is 6.50. The van der Waals surface area contributed by atoms with E-state index in [2.05, 4.69) is 0 Å². The number of ketones is 1. The summed E-state index contributed by atoms with van der Waals surface area (Å²) in [5, 5.41) is 0.398. The summed E-state index contributed by atoms with van der Waals surface area (Å²) in [6.45, 7) is 7.98. The van der Waals surface area contributed by atoms with Gasteiger partial charge in [-0.3, -0.25) is 9.59 Å². The van der Waals surface area contributed by atoms with Crippen molar-refractivity contribution in [2.75, 3.05) is 6.61 Å². The first-order valence-corrected chi connectivity index (χ1v) is 8.73. The van der Waals surface area contributed by atoms with Crippen molar-refractivity contribution in [3.63, 3.8) is 0 Å². The molecule has 0 aliphatic rings. The summed E-state index contributed by atoms with van der Waals surface area (Å²) >= 11 is 0. The standard InChI is InChI=1S/C21H21NO5/c1-5-22-13(3)9-15(14(22)4)18(24)11-26-21(25)20-10-17(23)16-8-12(2)6-7-19(16)27-20/h6-10H,5,11H2,1-4H3. The molecule has 0 saturated heterocycles. The first-order valence-electron chi connectivity index (χ1n) is 8.73. The van der Waals surface area contributed by atoms with Gasteiger partial charge in [-0.05, 0) is 45.9 Å². The van der Waals surface area contributed by atoms with Gasteiger partial charge in [-0.1, -0.05) is 11.6 Å². The molecule has 2 aromatic heterocycles. The lowest BCUT2D eigenvalue weighted by Crippen LogP contribution is -2.16. The van der Waals surface area contributed by atoms with Gasteiger partial charge in [0.1, 0.15) is 5.58 Å². The molecule has 0 fully saturated rings. The lowest BCUT2D eigenvalue weighted by atomic mass is 10.1. The highest BCUT2D eigenvalue weighted by atomic mass is 16.5. The summed E-state index contributed by atoms with van der Waals surface area (Å²) in [7, 11) is 0. The van der Waals surface area contributed by atoms with E-state index in [1.807, 2.05) is 32.3 Å². The molecule has 0 radical (unpaired) electrons. The minimum absolute atomic E-state index is 0.219. The highest BCUT2D eigenvalue weighted by Gasteiger charge is 2.19. The van der Waals surface area contributed by atoms with Crippen molar-refractivity contribution in [1.82, 2.24) is 4.57 Å². The SMILES string of the molecule is CCn1c(C)cc(C(=O)COC(=O)c2cc(=O)c3cc(C)ccc3o2)c1C. The molecule has 27 heavy (non-hydrogen) atoms. The first-order chi connectivity index (χ1) is 12.8. The van der Waals surface area contributed by atoms with Crippen LogP contribution in [-0.2, 0) is 11.3 Å². The molecule has 0 N–H and O–H groups in total. The highest BCUT2D eigenvalue weighted by molar-refractivity contribution is 6.00. The van der Waals surface area contributed by atoms with E-state index in [1.165, 1.54) is 0 Å². The van der Waals surface area contributed by atoms with Gasteiger partial charge in [0.15, 0.2) is 12.0 Å². The van der Waals surface area contributed by atoms with Crippen molar-refractivity contribution in [2.24, 2.45) is 0 Å². The molecule has 0 bridgehead atoms. The third-order valence-corrected chi connectivity index (χ3v) is 4.61. The number of carbonyl (C=O) groups excluding carboxylic acids is 2. The monoisotopic (exact) mass is 367 g/mol. The van der Waals surface area contributed by atoms with Crippen LogP contribution in [0.2, 0.25) is 0 Å². The molecule has 0 unspecified atom stereocenters. The predicted molar refractivity (Wildman–Crippen MR) is 101 cm³/mol. The number of ether oxygens (including phenoxy) is 1. The topological polar surface area (TPSA) is 78.5 Å². The molecule has 2 heterocycles. The smallest absolute Gasteiger partial charge is 0.374 e. The number of fused-ring (bicyclic) bond motifs is 1. The Hall–Kier alpha value is -3.15. The van der Waals surface area contributed by atoms with Crippen LogP contribution in [0.25, 0.3) is 11.0 Å². The molecule has 0 amide bonds. The Kier molecular flexibility index (Phi) is 4.99. The third-order valence-electron chi connectivity index (χ3n) is 4.61. The Morgan fingerprint density at radius 2 is 1.85 bits per heavy atom. The zero-order valence-electron chi connectivity index (χ0n) is 15.8. The molecule has 0 spiro atoms. The quantitative estimate of drug-likeness (QED) is 0.509. The van der Waals surface area contributed by atoms with Crippen LogP contribution in [0, 0.1) is 20.8 Å². The second-order valence-electron chi connectivity index (χ2n) is 6.50. The highest BCUT2D eigenvalue weighted by Crippen LogP contribution is 2.17. The van der Waals surface area contributed by atoms with Gasteiger partial charge >= 0.3 is 5.97 Å². The average Bonchev–Trinajstić information content (AvgIpc) is 2.93. The summed E-state index contributed by atoms with van der Waals surface area (Å²) in [5.41, 5.74) is 3.23. The van der Waals surface area contributed by atoms with E-state index in [1.54, 1.807) is 24.3 Å². The molecule has 0 aliphatic carbocycles. The van der Waals surface area contributed by atoms with Crippen LogP contribution in [0.15, 0.2) is 39.5 Å². The van der Waals surface area contributed by atoms with Gasteiger partial charge in [-0.2, -0.15) is 0 Å². The number of Topliss-reactive ketones (excluding diaryl/α,β-unsaturated/α-hetero) is 1. The summed E-state index contributed by atoms with van der Waals surface area (Å²) in [5.74, 6) is -1.36. The number of hydrogen-bond acceptors (Lipinski definition) is 5. The number of benzene rings is 1. The number of hydrogen-bond donors (Lipinski definition) is 0. The number of aromatic nitrogens is 1. The van der Waals surface area contributed by atoms with E-state index in [0.717, 1.165) is 29.6 Å². The number of esters is 1. The Morgan fingerprint density at radius 3 is 2.52 bits per heavy atom. The van der Waals surface area contributed by atoms with Crippen LogP contribution < -0.4 is 5.43 Å². The fraction of sp³-hybridized carbons (Fsp3) is 0.286. The first kappa shape index (κ1) is 18.6. The van der Waals surface area contributed by atoms with Crippen LogP contribution >= 0.6 is 0 Å². The second kappa shape index (κ2) is 7.23. The molecule has 6 heteroatoms. The fourth-order valence-electron chi connectivity index (χ4n) is 3.22. The maximum Gasteiger partial charge on any atom is 0.374 e. The maximum absolute atomic E-state index is 12.4. The van der Waals surface area contributed by atoms with Crippen LogP contribution in [0.1, 0.15) is 44.8 Å². The van der Waals surface area contributed by atoms with E-state index in [-0.39, 0.29) is 17.0 Å². The van der Waals surface area contributed by atoms with Crippen molar-refractivity contribution in [3.8, 4) is 0 Å². The van der Waals surface area contributed by atoms with Crippen molar-refractivity contribution >= 4 is 22.7 Å². The molecular weight excluding hydrogens is 346 g/mol.